The van der Waals surface area contributed by atoms with Gasteiger partial charge in [-0.05, 0) is 43.9 Å². The molecule has 162 valence electrons. The van der Waals surface area contributed by atoms with Gasteiger partial charge < -0.3 is 9.47 Å². The van der Waals surface area contributed by atoms with Gasteiger partial charge in [0.1, 0.15) is 16.2 Å². The summed E-state index contributed by atoms with van der Waals surface area (Å²) >= 11 is 6.78. The van der Waals surface area contributed by atoms with Crippen LogP contribution in [0.3, 0.4) is 0 Å². The Morgan fingerprint density at radius 1 is 1.47 bits per heavy atom. The summed E-state index contributed by atoms with van der Waals surface area (Å²) in [6.45, 7) is 0.836. The highest BCUT2D eigenvalue weighted by atomic mass is 35.5. The van der Waals surface area contributed by atoms with E-state index in [1.54, 1.807) is 6.07 Å². The summed E-state index contributed by atoms with van der Waals surface area (Å²) in [5.74, 6) is -0.389. The first kappa shape index (κ1) is 21.3. The van der Waals surface area contributed by atoms with E-state index in [0.717, 1.165) is 24.2 Å². The normalized spacial score (nSPS) is 21.1. The van der Waals surface area contributed by atoms with Crippen LogP contribution in [0.2, 0.25) is 5.02 Å². The standard InChI is InChI=1S/C19H19ClF3N3O3S/c1-28-14-5-4-11(20)9-13(14)15(27)24-17-26(10-12-3-2-8-29-12)25-16(30-17)18(6-7-18)19(21,22)23/h4-5,9,12H,2-3,6-8,10H2,1H3/t12-/m1/s1. The van der Waals surface area contributed by atoms with Crippen LogP contribution in [-0.4, -0.2) is 41.7 Å². The molecule has 2 heterocycles. The largest absolute Gasteiger partial charge is 0.496 e. The van der Waals surface area contributed by atoms with E-state index in [1.807, 2.05) is 0 Å². The maximum atomic E-state index is 13.6. The number of hydrogen-bond donors (Lipinski definition) is 0. The molecule has 2 fully saturated rings. The van der Waals surface area contributed by atoms with E-state index in [4.69, 9.17) is 21.1 Å². The minimum atomic E-state index is -4.40. The van der Waals surface area contributed by atoms with Crippen LogP contribution in [0.5, 0.6) is 5.75 Å². The van der Waals surface area contributed by atoms with Gasteiger partial charge in [-0.3, -0.25) is 4.79 Å². The SMILES string of the molecule is COc1ccc(Cl)cc1C(=O)N=c1sc(C2(C(F)(F)F)CC2)nn1C[C@H]1CCCO1. The predicted octanol–water partition coefficient (Wildman–Crippen LogP) is 4.12. The smallest absolute Gasteiger partial charge is 0.400 e. The van der Waals surface area contributed by atoms with Gasteiger partial charge in [0.25, 0.3) is 5.91 Å². The number of carbonyl (C=O) groups is 1. The van der Waals surface area contributed by atoms with Crippen molar-refractivity contribution in [2.24, 2.45) is 4.99 Å². The molecule has 1 amide bonds. The van der Waals surface area contributed by atoms with E-state index in [1.165, 1.54) is 23.9 Å². The zero-order chi connectivity index (χ0) is 21.5. The van der Waals surface area contributed by atoms with Gasteiger partial charge in [0, 0.05) is 11.6 Å². The molecule has 2 aromatic rings. The monoisotopic (exact) mass is 461 g/mol. The fourth-order valence-electron chi connectivity index (χ4n) is 3.42. The molecule has 0 spiro atoms. The van der Waals surface area contributed by atoms with Crippen molar-refractivity contribution in [3.63, 3.8) is 0 Å². The van der Waals surface area contributed by atoms with Crippen molar-refractivity contribution in [2.45, 2.75) is 49.9 Å². The average Bonchev–Trinajstić information content (AvgIpc) is 3.21. The molecular formula is C19H19ClF3N3O3S. The Morgan fingerprint density at radius 3 is 2.83 bits per heavy atom. The van der Waals surface area contributed by atoms with Crippen LogP contribution < -0.4 is 9.54 Å². The topological polar surface area (TPSA) is 65.7 Å². The van der Waals surface area contributed by atoms with Crippen LogP contribution in [-0.2, 0) is 16.7 Å². The molecule has 30 heavy (non-hydrogen) atoms. The third kappa shape index (κ3) is 4.00. The van der Waals surface area contributed by atoms with Crippen molar-refractivity contribution in [3.05, 3.63) is 38.6 Å². The Morgan fingerprint density at radius 2 is 2.23 bits per heavy atom. The number of nitrogens with zero attached hydrogens (tertiary/aromatic N) is 3. The molecule has 1 atom stereocenters. The van der Waals surface area contributed by atoms with Crippen molar-refractivity contribution < 1.29 is 27.4 Å². The van der Waals surface area contributed by atoms with Gasteiger partial charge in [0.15, 0.2) is 0 Å². The molecule has 6 nitrogen and oxygen atoms in total. The summed E-state index contributed by atoms with van der Waals surface area (Å²) < 4.78 is 52.9. The summed E-state index contributed by atoms with van der Waals surface area (Å²) in [6, 6.07) is 4.52. The Balaban J connectivity index is 1.76. The van der Waals surface area contributed by atoms with E-state index in [2.05, 4.69) is 10.1 Å². The Labute approximate surface area is 179 Å². The molecule has 11 heteroatoms. The van der Waals surface area contributed by atoms with Crippen molar-refractivity contribution in [3.8, 4) is 5.75 Å². The lowest BCUT2D eigenvalue weighted by molar-refractivity contribution is -0.160. The number of carbonyl (C=O) groups excluding carboxylic acids is 1. The molecule has 1 aliphatic heterocycles. The van der Waals surface area contributed by atoms with E-state index >= 15 is 0 Å². The lowest BCUT2D eigenvalue weighted by Crippen LogP contribution is -2.29. The number of hydrogen-bond acceptors (Lipinski definition) is 5. The first-order valence-corrected chi connectivity index (χ1v) is 10.6. The maximum absolute atomic E-state index is 13.6. The molecule has 1 aromatic heterocycles. The van der Waals surface area contributed by atoms with Crippen molar-refractivity contribution >= 4 is 28.8 Å². The third-order valence-corrected chi connectivity index (χ3v) is 6.70. The molecule has 2 aliphatic rings. The van der Waals surface area contributed by atoms with Crippen LogP contribution in [0.25, 0.3) is 0 Å². The van der Waals surface area contributed by atoms with Crippen molar-refractivity contribution in [1.82, 2.24) is 9.78 Å². The van der Waals surface area contributed by atoms with E-state index < -0.39 is 17.5 Å². The minimum Gasteiger partial charge on any atom is -0.496 e. The number of amides is 1. The lowest BCUT2D eigenvalue weighted by atomic mass is 10.1. The molecule has 1 saturated heterocycles. The molecule has 0 bridgehead atoms. The maximum Gasteiger partial charge on any atom is 0.400 e. The number of ether oxygens (including phenoxy) is 2. The zero-order valence-corrected chi connectivity index (χ0v) is 17.6. The van der Waals surface area contributed by atoms with Crippen LogP contribution >= 0.6 is 22.9 Å². The molecule has 0 unspecified atom stereocenters. The lowest BCUT2D eigenvalue weighted by Gasteiger charge is -2.15. The predicted molar refractivity (Wildman–Crippen MR) is 104 cm³/mol. The highest BCUT2D eigenvalue weighted by molar-refractivity contribution is 7.09. The zero-order valence-electron chi connectivity index (χ0n) is 16.0. The van der Waals surface area contributed by atoms with Crippen molar-refractivity contribution in [2.75, 3.05) is 13.7 Å². The van der Waals surface area contributed by atoms with Crippen LogP contribution in [0.1, 0.15) is 41.0 Å². The Kier molecular flexibility index (Phi) is 5.67. The fraction of sp³-hybridized carbons (Fsp3) is 0.526. The highest BCUT2D eigenvalue weighted by Gasteiger charge is 2.66. The van der Waals surface area contributed by atoms with E-state index in [9.17, 15) is 18.0 Å². The van der Waals surface area contributed by atoms with Gasteiger partial charge in [-0.2, -0.15) is 23.3 Å². The summed E-state index contributed by atoms with van der Waals surface area (Å²) in [5, 5.41) is 4.46. The van der Waals surface area contributed by atoms with Gasteiger partial charge >= 0.3 is 6.18 Å². The number of aromatic nitrogens is 2. The number of rotatable bonds is 5. The van der Waals surface area contributed by atoms with E-state index in [-0.39, 0.29) is 46.6 Å². The number of alkyl halides is 3. The first-order valence-electron chi connectivity index (χ1n) is 9.43. The van der Waals surface area contributed by atoms with Crippen LogP contribution in [0.4, 0.5) is 13.2 Å². The third-order valence-electron chi connectivity index (χ3n) is 5.31. The first-order chi connectivity index (χ1) is 14.2. The van der Waals surface area contributed by atoms with Gasteiger partial charge in [0.05, 0.1) is 25.3 Å². The number of halogens is 4. The Hall–Kier alpha value is -1.91. The van der Waals surface area contributed by atoms with E-state index in [0.29, 0.717) is 11.6 Å². The van der Waals surface area contributed by atoms with Crippen LogP contribution in [0, 0.1) is 0 Å². The second-order valence-electron chi connectivity index (χ2n) is 7.35. The second kappa shape index (κ2) is 7.97. The van der Waals surface area contributed by atoms with Crippen molar-refractivity contribution in [1.29, 1.82) is 0 Å². The highest BCUT2D eigenvalue weighted by Crippen LogP contribution is 2.58. The van der Waals surface area contributed by atoms with Gasteiger partial charge in [0.2, 0.25) is 4.80 Å². The minimum absolute atomic E-state index is 0.0144. The van der Waals surface area contributed by atoms with Gasteiger partial charge in [-0.15, -0.1) is 0 Å². The summed E-state index contributed by atoms with van der Waals surface area (Å²) in [4.78, 5) is 17.0. The molecule has 4 rings (SSSR count). The molecule has 0 N–H and O–H groups in total. The van der Waals surface area contributed by atoms with Gasteiger partial charge in [-0.1, -0.05) is 22.9 Å². The molecule has 1 aliphatic carbocycles. The quantitative estimate of drug-likeness (QED) is 0.672. The summed E-state index contributed by atoms with van der Waals surface area (Å²) in [7, 11) is 1.41. The number of methoxy groups -OCH3 is 1. The molecule has 0 radical (unpaired) electrons. The van der Waals surface area contributed by atoms with Gasteiger partial charge in [-0.25, -0.2) is 4.68 Å². The average molecular weight is 462 g/mol. The summed E-state index contributed by atoms with van der Waals surface area (Å²) in [5.41, 5.74) is -1.82. The fourth-order valence-corrected chi connectivity index (χ4v) is 4.77. The molecular weight excluding hydrogens is 443 g/mol. The summed E-state index contributed by atoms with van der Waals surface area (Å²) in [6.07, 6.45) is -2.95. The molecule has 1 saturated carbocycles. The molecule has 1 aromatic carbocycles. The number of benzene rings is 1. The Bertz CT molecular complexity index is 1020. The van der Waals surface area contributed by atoms with Crippen LogP contribution in [0.15, 0.2) is 23.2 Å². The second-order valence-corrected chi connectivity index (χ2v) is 8.74.